The molecule has 1 aliphatic rings. The lowest BCUT2D eigenvalue weighted by molar-refractivity contribution is -0.132. The van der Waals surface area contributed by atoms with Crippen LogP contribution in [0.3, 0.4) is 0 Å². The summed E-state index contributed by atoms with van der Waals surface area (Å²) < 4.78 is 15.6. The van der Waals surface area contributed by atoms with E-state index in [1.807, 2.05) is 21.6 Å². The Morgan fingerprint density at radius 1 is 1.39 bits per heavy atom. The molecule has 2 aromatic heterocycles. The SMILES string of the molecule is C[C@@H]1CCCN(C(=O)CCNc2c(-c3cccc(F)c3)nc3cnccn23)C1. The van der Waals surface area contributed by atoms with Gasteiger partial charge in [-0.3, -0.25) is 14.2 Å². The van der Waals surface area contributed by atoms with Crippen molar-refractivity contribution in [3.8, 4) is 11.3 Å². The Labute approximate surface area is 163 Å². The summed E-state index contributed by atoms with van der Waals surface area (Å²) in [5.74, 6) is 1.16. The van der Waals surface area contributed by atoms with Gasteiger partial charge in [-0.05, 0) is 30.9 Å². The third kappa shape index (κ3) is 3.83. The lowest BCUT2D eigenvalue weighted by Gasteiger charge is -2.31. The molecule has 1 N–H and O–H groups in total. The number of piperidine rings is 1. The van der Waals surface area contributed by atoms with Crippen LogP contribution in [0.25, 0.3) is 16.9 Å². The number of anilines is 1. The standard InChI is InChI=1S/C21H24FN5O/c1-15-4-3-10-26(14-15)19(28)7-8-24-21-20(16-5-2-6-17(22)12-16)25-18-13-23-9-11-27(18)21/h2,5-6,9,11-13,15,24H,3-4,7-8,10,14H2,1H3/t15-/m1/s1. The molecule has 1 atom stereocenters. The number of rotatable bonds is 5. The number of fused-ring (bicyclic) bond motifs is 1. The molecule has 1 fully saturated rings. The molecule has 146 valence electrons. The minimum atomic E-state index is -0.312. The summed E-state index contributed by atoms with van der Waals surface area (Å²) in [6, 6.07) is 6.36. The number of aromatic nitrogens is 3. The van der Waals surface area contributed by atoms with Crippen molar-refractivity contribution in [1.82, 2.24) is 19.3 Å². The molecule has 3 aromatic rings. The Bertz CT molecular complexity index is 986. The second-order valence-corrected chi connectivity index (χ2v) is 7.39. The van der Waals surface area contributed by atoms with Gasteiger partial charge in [0.25, 0.3) is 0 Å². The first-order chi connectivity index (χ1) is 13.6. The Morgan fingerprint density at radius 3 is 3.11 bits per heavy atom. The molecule has 0 aliphatic carbocycles. The van der Waals surface area contributed by atoms with Gasteiger partial charge in [0.05, 0.1) is 6.20 Å². The molecule has 0 radical (unpaired) electrons. The second-order valence-electron chi connectivity index (χ2n) is 7.39. The molecule has 28 heavy (non-hydrogen) atoms. The molecule has 1 saturated heterocycles. The number of hydrogen-bond donors (Lipinski definition) is 1. The third-order valence-electron chi connectivity index (χ3n) is 5.17. The number of benzene rings is 1. The van der Waals surface area contributed by atoms with E-state index in [2.05, 4.69) is 22.2 Å². The average Bonchev–Trinajstić information content (AvgIpc) is 3.07. The molecule has 7 heteroatoms. The molecule has 1 aromatic carbocycles. The van der Waals surface area contributed by atoms with Gasteiger partial charge >= 0.3 is 0 Å². The fourth-order valence-electron chi connectivity index (χ4n) is 3.77. The maximum Gasteiger partial charge on any atom is 0.224 e. The Kier molecular flexibility index (Phi) is 5.23. The van der Waals surface area contributed by atoms with E-state index in [1.165, 1.54) is 18.6 Å². The van der Waals surface area contributed by atoms with Crippen LogP contribution in [0.2, 0.25) is 0 Å². The van der Waals surface area contributed by atoms with Crippen molar-refractivity contribution in [2.75, 3.05) is 25.0 Å². The van der Waals surface area contributed by atoms with Gasteiger partial charge in [0.2, 0.25) is 5.91 Å². The van der Waals surface area contributed by atoms with Crippen LogP contribution < -0.4 is 5.32 Å². The topological polar surface area (TPSA) is 62.5 Å². The molecule has 3 heterocycles. The Balaban J connectivity index is 1.53. The van der Waals surface area contributed by atoms with Crippen molar-refractivity contribution in [3.63, 3.8) is 0 Å². The summed E-state index contributed by atoms with van der Waals surface area (Å²) in [5, 5.41) is 3.34. The summed E-state index contributed by atoms with van der Waals surface area (Å²) in [5.41, 5.74) is 1.99. The van der Waals surface area contributed by atoms with Crippen LogP contribution in [-0.4, -0.2) is 44.8 Å². The number of carbonyl (C=O) groups is 1. The summed E-state index contributed by atoms with van der Waals surface area (Å²) in [6.45, 7) is 4.37. The number of nitrogens with one attached hydrogen (secondary N) is 1. The van der Waals surface area contributed by atoms with Gasteiger partial charge in [-0.1, -0.05) is 19.1 Å². The quantitative estimate of drug-likeness (QED) is 0.734. The van der Waals surface area contributed by atoms with Gasteiger partial charge in [0.1, 0.15) is 17.3 Å². The van der Waals surface area contributed by atoms with Gasteiger partial charge < -0.3 is 10.2 Å². The Morgan fingerprint density at radius 2 is 2.29 bits per heavy atom. The van der Waals surface area contributed by atoms with Crippen LogP contribution in [0.5, 0.6) is 0 Å². The first kappa shape index (κ1) is 18.4. The van der Waals surface area contributed by atoms with E-state index in [0.29, 0.717) is 35.8 Å². The molecule has 0 bridgehead atoms. The van der Waals surface area contributed by atoms with Gasteiger partial charge in [-0.25, -0.2) is 9.37 Å². The zero-order valence-corrected chi connectivity index (χ0v) is 15.9. The van der Waals surface area contributed by atoms with Crippen molar-refractivity contribution < 1.29 is 9.18 Å². The van der Waals surface area contributed by atoms with Crippen LogP contribution in [0.1, 0.15) is 26.2 Å². The second kappa shape index (κ2) is 7.96. The number of imidazole rings is 1. The molecule has 0 saturated carbocycles. The maximum atomic E-state index is 13.7. The first-order valence-corrected chi connectivity index (χ1v) is 9.71. The number of nitrogens with zero attached hydrogens (tertiary/aromatic N) is 4. The predicted octanol–water partition coefficient (Wildman–Crippen LogP) is 3.60. The van der Waals surface area contributed by atoms with Crippen LogP contribution in [0.4, 0.5) is 10.2 Å². The highest BCUT2D eigenvalue weighted by molar-refractivity contribution is 5.79. The van der Waals surface area contributed by atoms with Crippen molar-refractivity contribution in [1.29, 1.82) is 0 Å². The van der Waals surface area contributed by atoms with Gasteiger partial charge in [-0.2, -0.15) is 0 Å². The van der Waals surface area contributed by atoms with E-state index in [1.54, 1.807) is 18.5 Å². The van der Waals surface area contributed by atoms with E-state index >= 15 is 0 Å². The van der Waals surface area contributed by atoms with Crippen molar-refractivity contribution in [2.24, 2.45) is 5.92 Å². The summed E-state index contributed by atoms with van der Waals surface area (Å²) in [7, 11) is 0. The van der Waals surface area contributed by atoms with Gasteiger partial charge in [0, 0.05) is 44.0 Å². The number of hydrogen-bond acceptors (Lipinski definition) is 4. The van der Waals surface area contributed by atoms with Crippen LogP contribution >= 0.6 is 0 Å². The van der Waals surface area contributed by atoms with E-state index in [-0.39, 0.29) is 11.7 Å². The fourth-order valence-corrected chi connectivity index (χ4v) is 3.77. The molecular formula is C21H24FN5O. The molecular weight excluding hydrogens is 357 g/mol. The molecule has 6 nitrogen and oxygen atoms in total. The number of amides is 1. The number of halogens is 1. The maximum absolute atomic E-state index is 13.7. The monoisotopic (exact) mass is 381 g/mol. The molecule has 0 spiro atoms. The van der Waals surface area contributed by atoms with E-state index in [4.69, 9.17) is 0 Å². The van der Waals surface area contributed by atoms with Crippen LogP contribution in [0, 0.1) is 11.7 Å². The lowest BCUT2D eigenvalue weighted by atomic mass is 10.00. The van der Waals surface area contributed by atoms with Crippen molar-refractivity contribution in [3.05, 3.63) is 48.7 Å². The van der Waals surface area contributed by atoms with Gasteiger partial charge in [0.15, 0.2) is 5.65 Å². The largest absolute Gasteiger partial charge is 0.369 e. The highest BCUT2D eigenvalue weighted by Crippen LogP contribution is 2.29. The molecule has 1 aliphatic heterocycles. The van der Waals surface area contributed by atoms with E-state index in [0.717, 1.165) is 25.3 Å². The number of carbonyl (C=O) groups excluding carboxylic acids is 1. The number of likely N-dealkylation sites (tertiary alicyclic amines) is 1. The van der Waals surface area contributed by atoms with Gasteiger partial charge in [-0.15, -0.1) is 0 Å². The summed E-state index contributed by atoms with van der Waals surface area (Å²) in [6.07, 6.45) is 7.82. The molecule has 0 unspecified atom stereocenters. The zero-order valence-electron chi connectivity index (χ0n) is 15.9. The van der Waals surface area contributed by atoms with Crippen LogP contribution in [0.15, 0.2) is 42.9 Å². The van der Waals surface area contributed by atoms with E-state index in [9.17, 15) is 9.18 Å². The Hall–Kier alpha value is -2.96. The van der Waals surface area contributed by atoms with Crippen molar-refractivity contribution in [2.45, 2.75) is 26.2 Å². The zero-order chi connectivity index (χ0) is 19.5. The minimum Gasteiger partial charge on any atom is -0.369 e. The van der Waals surface area contributed by atoms with E-state index < -0.39 is 0 Å². The predicted molar refractivity (Wildman–Crippen MR) is 106 cm³/mol. The summed E-state index contributed by atoms with van der Waals surface area (Å²) >= 11 is 0. The minimum absolute atomic E-state index is 0.168. The smallest absolute Gasteiger partial charge is 0.224 e. The van der Waals surface area contributed by atoms with Crippen molar-refractivity contribution >= 4 is 17.4 Å². The molecule has 1 amide bonds. The van der Waals surface area contributed by atoms with Crippen LogP contribution in [-0.2, 0) is 4.79 Å². The average molecular weight is 381 g/mol. The lowest BCUT2D eigenvalue weighted by Crippen LogP contribution is -2.39. The summed E-state index contributed by atoms with van der Waals surface area (Å²) in [4.78, 5) is 23.2. The molecule has 4 rings (SSSR count). The third-order valence-corrected chi connectivity index (χ3v) is 5.17. The fraction of sp³-hybridized carbons (Fsp3) is 0.381. The highest BCUT2D eigenvalue weighted by atomic mass is 19.1. The highest BCUT2D eigenvalue weighted by Gasteiger charge is 2.21. The first-order valence-electron chi connectivity index (χ1n) is 9.71. The normalized spacial score (nSPS) is 17.1.